The zero-order valence-electron chi connectivity index (χ0n) is 20.0. The van der Waals surface area contributed by atoms with Crippen LogP contribution in [0.1, 0.15) is 34.0 Å². The molecule has 0 aliphatic rings. The van der Waals surface area contributed by atoms with E-state index in [-0.39, 0.29) is 29.5 Å². The van der Waals surface area contributed by atoms with Gasteiger partial charge in [-0.1, -0.05) is 48.0 Å². The summed E-state index contributed by atoms with van der Waals surface area (Å²) in [4.78, 5) is 23.8. The van der Waals surface area contributed by atoms with E-state index in [2.05, 4.69) is 20.7 Å². The molecular formula is C26H30N4O4S. The van der Waals surface area contributed by atoms with Gasteiger partial charge in [0.1, 0.15) is 0 Å². The Kier molecular flexibility index (Phi) is 8.48. The van der Waals surface area contributed by atoms with Crippen LogP contribution in [0.5, 0.6) is 0 Å². The molecular weight excluding hydrogens is 464 g/mol. The maximum absolute atomic E-state index is 13.2. The van der Waals surface area contributed by atoms with E-state index in [1.807, 2.05) is 50.2 Å². The van der Waals surface area contributed by atoms with E-state index >= 15 is 0 Å². The number of aryl methyl sites for hydroxylation is 2. The number of amides is 2. The van der Waals surface area contributed by atoms with Gasteiger partial charge in [-0.15, -0.1) is 0 Å². The molecule has 35 heavy (non-hydrogen) atoms. The Bertz CT molecular complexity index is 1320. The first kappa shape index (κ1) is 25.8. The van der Waals surface area contributed by atoms with Crippen molar-refractivity contribution in [2.75, 3.05) is 23.1 Å². The first-order valence-electron chi connectivity index (χ1n) is 11.2. The Morgan fingerprint density at radius 3 is 2.31 bits per heavy atom. The van der Waals surface area contributed by atoms with Crippen molar-refractivity contribution >= 4 is 33.2 Å². The van der Waals surface area contributed by atoms with Crippen LogP contribution in [-0.2, 0) is 21.4 Å². The predicted octanol–water partition coefficient (Wildman–Crippen LogP) is 3.58. The van der Waals surface area contributed by atoms with Crippen LogP contribution in [-0.4, -0.2) is 33.3 Å². The largest absolute Gasteiger partial charge is 0.381 e. The summed E-state index contributed by atoms with van der Waals surface area (Å²) in [5.41, 5.74) is 4.06. The third-order valence-electron chi connectivity index (χ3n) is 5.23. The molecule has 3 aromatic carbocycles. The topological polar surface area (TPSA) is 116 Å². The third kappa shape index (κ3) is 7.58. The molecule has 0 aromatic heterocycles. The Morgan fingerprint density at radius 2 is 1.60 bits per heavy atom. The van der Waals surface area contributed by atoms with Crippen molar-refractivity contribution in [3.05, 3.63) is 89.0 Å². The highest BCUT2D eigenvalue weighted by Gasteiger charge is 2.19. The molecule has 0 bridgehead atoms. The van der Waals surface area contributed by atoms with Crippen molar-refractivity contribution in [3.63, 3.8) is 0 Å². The zero-order chi connectivity index (χ0) is 25.4. The summed E-state index contributed by atoms with van der Waals surface area (Å²) in [5.74, 6) is -0.640. The number of benzene rings is 3. The van der Waals surface area contributed by atoms with Crippen molar-refractivity contribution in [1.82, 2.24) is 10.6 Å². The lowest BCUT2D eigenvalue weighted by Crippen LogP contribution is -2.33. The van der Waals surface area contributed by atoms with Crippen molar-refractivity contribution in [3.8, 4) is 0 Å². The summed E-state index contributed by atoms with van der Waals surface area (Å²) < 4.78 is 29.0. The minimum absolute atomic E-state index is 0.0398. The van der Waals surface area contributed by atoms with Crippen LogP contribution in [0.3, 0.4) is 0 Å². The van der Waals surface area contributed by atoms with Crippen LogP contribution < -0.4 is 20.7 Å². The molecule has 4 N–H and O–H groups in total. The van der Waals surface area contributed by atoms with Crippen LogP contribution in [0, 0.1) is 13.8 Å². The molecule has 0 atom stereocenters. The highest BCUT2D eigenvalue weighted by atomic mass is 32.2. The van der Waals surface area contributed by atoms with E-state index in [4.69, 9.17) is 0 Å². The molecule has 0 saturated heterocycles. The standard InChI is InChI=1S/C26H30N4O4S/c1-18-7-6-9-21(13-18)17-29-23-14-22(26(32)28-12-11-27-20(3)31)15-24(16-23)35(33,34)30-25-10-5-4-8-19(25)2/h4-10,13-16,29-30H,11-12,17H2,1-3H3,(H,27,31)(H,28,32). The fraction of sp³-hybridized carbons (Fsp3) is 0.231. The van der Waals surface area contributed by atoms with E-state index < -0.39 is 15.9 Å². The highest BCUT2D eigenvalue weighted by Crippen LogP contribution is 2.24. The second-order valence-electron chi connectivity index (χ2n) is 8.25. The predicted molar refractivity (Wildman–Crippen MR) is 138 cm³/mol. The number of carbonyl (C=O) groups excluding carboxylic acids is 2. The van der Waals surface area contributed by atoms with Gasteiger partial charge in [0, 0.05) is 37.8 Å². The molecule has 3 aromatic rings. The quantitative estimate of drug-likeness (QED) is 0.322. The van der Waals surface area contributed by atoms with Gasteiger partial charge in [-0.05, 0) is 49.2 Å². The first-order chi connectivity index (χ1) is 16.6. The van der Waals surface area contributed by atoms with Gasteiger partial charge < -0.3 is 16.0 Å². The minimum Gasteiger partial charge on any atom is -0.381 e. The van der Waals surface area contributed by atoms with Gasteiger partial charge >= 0.3 is 0 Å². The zero-order valence-corrected chi connectivity index (χ0v) is 20.8. The summed E-state index contributed by atoms with van der Waals surface area (Å²) in [6.07, 6.45) is 0. The number of carbonyl (C=O) groups is 2. The van der Waals surface area contributed by atoms with Crippen LogP contribution in [0.15, 0.2) is 71.6 Å². The summed E-state index contributed by atoms with van der Waals surface area (Å²) in [6, 6.07) is 19.5. The van der Waals surface area contributed by atoms with E-state index in [0.29, 0.717) is 17.9 Å². The van der Waals surface area contributed by atoms with Crippen molar-refractivity contribution in [1.29, 1.82) is 0 Å². The van der Waals surface area contributed by atoms with Gasteiger partial charge in [0.05, 0.1) is 10.6 Å². The van der Waals surface area contributed by atoms with Crippen molar-refractivity contribution in [2.45, 2.75) is 32.2 Å². The smallest absolute Gasteiger partial charge is 0.262 e. The van der Waals surface area contributed by atoms with Crippen LogP contribution in [0.4, 0.5) is 11.4 Å². The fourth-order valence-corrected chi connectivity index (χ4v) is 4.62. The van der Waals surface area contributed by atoms with E-state index in [1.54, 1.807) is 18.2 Å². The Hall–Kier alpha value is -3.85. The van der Waals surface area contributed by atoms with Gasteiger partial charge in [0.15, 0.2) is 0 Å². The molecule has 3 rings (SSSR count). The van der Waals surface area contributed by atoms with Crippen LogP contribution in [0.25, 0.3) is 0 Å². The normalized spacial score (nSPS) is 10.9. The monoisotopic (exact) mass is 494 g/mol. The number of rotatable bonds is 10. The molecule has 8 nitrogen and oxygen atoms in total. The average molecular weight is 495 g/mol. The number of hydrogen-bond acceptors (Lipinski definition) is 5. The van der Waals surface area contributed by atoms with Gasteiger partial charge in [-0.3, -0.25) is 14.3 Å². The molecule has 184 valence electrons. The van der Waals surface area contributed by atoms with Crippen LogP contribution in [0.2, 0.25) is 0 Å². The van der Waals surface area contributed by atoms with Gasteiger partial charge in [0.2, 0.25) is 5.91 Å². The van der Waals surface area contributed by atoms with Crippen LogP contribution >= 0.6 is 0 Å². The molecule has 0 unspecified atom stereocenters. The molecule has 0 aliphatic heterocycles. The second-order valence-corrected chi connectivity index (χ2v) is 9.93. The average Bonchev–Trinajstić information content (AvgIpc) is 2.81. The molecule has 0 saturated carbocycles. The maximum atomic E-state index is 13.2. The lowest BCUT2D eigenvalue weighted by atomic mass is 10.1. The SMILES string of the molecule is CC(=O)NCCNC(=O)c1cc(NCc2cccc(C)c2)cc(S(=O)(=O)Nc2ccccc2C)c1. The molecule has 0 spiro atoms. The van der Waals surface area contributed by atoms with Gasteiger partial charge in [0.25, 0.3) is 15.9 Å². The van der Waals surface area contributed by atoms with Gasteiger partial charge in [-0.2, -0.15) is 0 Å². The van der Waals surface area contributed by atoms with E-state index in [9.17, 15) is 18.0 Å². The Labute approximate surface area is 206 Å². The molecule has 9 heteroatoms. The van der Waals surface area contributed by atoms with Crippen molar-refractivity contribution < 1.29 is 18.0 Å². The molecule has 0 aliphatic carbocycles. The van der Waals surface area contributed by atoms with Gasteiger partial charge in [-0.25, -0.2) is 8.42 Å². The third-order valence-corrected chi connectivity index (χ3v) is 6.58. The summed E-state index contributed by atoms with van der Waals surface area (Å²) >= 11 is 0. The summed E-state index contributed by atoms with van der Waals surface area (Å²) in [6.45, 7) is 6.14. The lowest BCUT2D eigenvalue weighted by molar-refractivity contribution is -0.118. The highest BCUT2D eigenvalue weighted by molar-refractivity contribution is 7.92. The van der Waals surface area contributed by atoms with E-state index in [1.165, 1.54) is 19.1 Å². The number of sulfonamides is 1. The number of nitrogens with one attached hydrogen (secondary N) is 4. The second kappa shape index (κ2) is 11.5. The van der Waals surface area contributed by atoms with E-state index in [0.717, 1.165) is 16.7 Å². The maximum Gasteiger partial charge on any atom is 0.262 e. The fourth-order valence-electron chi connectivity index (χ4n) is 3.42. The Morgan fingerprint density at radius 1 is 0.857 bits per heavy atom. The molecule has 0 heterocycles. The molecule has 0 fully saturated rings. The first-order valence-corrected chi connectivity index (χ1v) is 12.7. The Balaban J connectivity index is 1.88. The van der Waals surface area contributed by atoms with Crippen molar-refractivity contribution in [2.24, 2.45) is 0 Å². The molecule has 0 radical (unpaired) electrons. The summed E-state index contributed by atoms with van der Waals surface area (Å²) in [5, 5.41) is 8.53. The molecule has 2 amide bonds. The number of hydrogen-bond donors (Lipinski definition) is 4. The number of anilines is 2. The number of para-hydroxylation sites is 1. The minimum atomic E-state index is -3.97. The summed E-state index contributed by atoms with van der Waals surface area (Å²) in [7, 11) is -3.97. The lowest BCUT2D eigenvalue weighted by Gasteiger charge is -2.15.